The maximum atomic E-state index is 11.7. The van der Waals surface area contributed by atoms with E-state index < -0.39 is 0 Å². The molecule has 4 heteroatoms. The molecule has 0 radical (unpaired) electrons. The summed E-state index contributed by atoms with van der Waals surface area (Å²) in [6.07, 6.45) is 6.60. The third kappa shape index (κ3) is 6.43. The minimum absolute atomic E-state index is 0.00113. The number of thioether (sulfide) groups is 1. The third-order valence-corrected chi connectivity index (χ3v) is 4.13. The first kappa shape index (κ1) is 15.0. The molecule has 0 heterocycles. The summed E-state index contributed by atoms with van der Waals surface area (Å²) in [5.41, 5.74) is 0. The number of methoxy groups -OCH3 is 1. The molecule has 1 rings (SSSR count). The van der Waals surface area contributed by atoms with Crippen LogP contribution in [0.15, 0.2) is 0 Å². The normalized spacial score (nSPS) is 19.2. The van der Waals surface area contributed by atoms with Crippen molar-refractivity contribution in [3.05, 3.63) is 0 Å². The molecular weight excluding hydrogens is 236 g/mol. The number of hydrogen-bond acceptors (Lipinski definition) is 4. The Morgan fingerprint density at radius 3 is 2.71 bits per heavy atom. The Labute approximate surface area is 109 Å². The van der Waals surface area contributed by atoms with Crippen molar-refractivity contribution in [1.29, 1.82) is 0 Å². The lowest BCUT2D eigenvalue weighted by atomic mass is 9.98. The zero-order chi connectivity index (χ0) is 12.5. The Hall–Kier alpha value is -0.0600. The molecule has 0 bridgehead atoms. The summed E-state index contributed by atoms with van der Waals surface area (Å²) < 4.78 is 10.7. The van der Waals surface area contributed by atoms with E-state index in [-0.39, 0.29) is 11.0 Å². The van der Waals surface area contributed by atoms with Crippen LogP contribution in [0.5, 0.6) is 0 Å². The van der Waals surface area contributed by atoms with Crippen LogP contribution in [0.1, 0.15) is 39.0 Å². The van der Waals surface area contributed by atoms with Gasteiger partial charge in [-0.2, -0.15) is 0 Å². The van der Waals surface area contributed by atoms with E-state index in [0.717, 1.165) is 18.6 Å². The number of carbonyl (C=O) groups excluding carboxylic acids is 1. The second kappa shape index (κ2) is 8.95. The van der Waals surface area contributed by atoms with E-state index in [1.807, 2.05) is 6.92 Å². The highest BCUT2D eigenvalue weighted by Crippen LogP contribution is 2.21. The van der Waals surface area contributed by atoms with Crippen molar-refractivity contribution in [3.63, 3.8) is 0 Å². The lowest BCUT2D eigenvalue weighted by Gasteiger charge is -2.23. The van der Waals surface area contributed by atoms with Gasteiger partial charge in [-0.15, -0.1) is 0 Å². The molecule has 0 aromatic heterocycles. The second-order valence-corrected chi connectivity index (χ2v) is 5.75. The third-order valence-electron chi connectivity index (χ3n) is 3.07. The minimum atomic E-state index is -0.00113. The molecular formula is C13H24O3S. The molecule has 1 unspecified atom stereocenters. The molecule has 100 valence electrons. The monoisotopic (exact) mass is 260 g/mol. The molecule has 1 fully saturated rings. The van der Waals surface area contributed by atoms with Crippen LogP contribution in [0.4, 0.5) is 0 Å². The van der Waals surface area contributed by atoms with Crippen LogP contribution >= 0.6 is 11.8 Å². The predicted octanol–water partition coefficient (Wildman–Crippen LogP) is 2.88. The molecule has 0 N–H and O–H groups in total. The van der Waals surface area contributed by atoms with Gasteiger partial charge in [0.15, 0.2) is 5.12 Å². The smallest absolute Gasteiger partial charge is 0.194 e. The van der Waals surface area contributed by atoms with Gasteiger partial charge in [0.1, 0.15) is 0 Å². The number of rotatable bonds is 7. The fourth-order valence-corrected chi connectivity index (χ4v) is 2.75. The minimum Gasteiger partial charge on any atom is -0.384 e. The van der Waals surface area contributed by atoms with Crippen LogP contribution in [0, 0.1) is 5.92 Å². The van der Waals surface area contributed by atoms with Gasteiger partial charge in [-0.05, 0) is 12.8 Å². The van der Waals surface area contributed by atoms with E-state index in [0.29, 0.717) is 19.3 Å². The van der Waals surface area contributed by atoms with E-state index in [2.05, 4.69) is 0 Å². The Morgan fingerprint density at radius 1 is 1.35 bits per heavy atom. The van der Waals surface area contributed by atoms with Gasteiger partial charge in [-0.25, -0.2) is 0 Å². The molecule has 1 aliphatic rings. The first-order valence-corrected chi connectivity index (χ1v) is 7.49. The van der Waals surface area contributed by atoms with Crippen LogP contribution in [0.3, 0.4) is 0 Å². The van der Waals surface area contributed by atoms with E-state index >= 15 is 0 Å². The first-order chi connectivity index (χ1) is 8.24. The first-order valence-electron chi connectivity index (χ1n) is 6.51. The van der Waals surface area contributed by atoms with E-state index in [1.165, 1.54) is 31.0 Å². The SMILES string of the molecule is COCCSC(=O)C(C)COC1CCCCC1. The largest absolute Gasteiger partial charge is 0.384 e. The summed E-state index contributed by atoms with van der Waals surface area (Å²) in [5.74, 6) is 0.738. The van der Waals surface area contributed by atoms with Crippen molar-refractivity contribution in [2.75, 3.05) is 26.1 Å². The van der Waals surface area contributed by atoms with Gasteiger partial charge in [0.2, 0.25) is 0 Å². The van der Waals surface area contributed by atoms with Crippen molar-refractivity contribution < 1.29 is 14.3 Å². The van der Waals surface area contributed by atoms with E-state index in [1.54, 1.807) is 7.11 Å². The Balaban J connectivity index is 2.10. The van der Waals surface area contributed by atoms with Crippen LogP contribution in [-0.2, 0) is 14.3 Å². The van der Waals surface area contributed by atoms with Gasteiger partial charge < -0.3 is 9.47 Å². The molecule has 0 aromatic rings. The number of hydrogen-bond donors (Lipinski definition) is 0. The zero-order valence-electron chi connectivity index (χ0n) is 10.9. The summed E-state index contributed by atoms with van der Waals surface area (Å²) in [5, 5.41) is 0.220. The predicted molar refractivity (Wildman–Crippen MR) is 71.3 cm³/mol. The van der Waals surface area contributed by atoms with Gasteiger partial charge in [0.25, 0.3) is 0 Å². The topological polar surface area (TPSA) is 35.5 Å². The van der Waals surface area contributed by atoms with Gasteiger partial charge in [0, 0.05) is 18.8 Å². The highest BCUT2D eigenvalue weighted by molar-refractivity contribution is 8.13. The molecule has 1 atom stereocenters. The standard InChI is InChI=1S/C13H24O3S/c1-11(13(14)17-9-8-15-2)10-16-12-6-4-3-5-7-12/h11-12H,3-10H2,1-2H3. The van der Waals surface area contributed by atoms with Crippen LogP contribution in [0.25, 0.3) is 0 Å². The fraction of sp³-hybridized carbons (Fsp3) is 0.923. The summed E-state index contributed by atoms with van der Waals surface area (Å²) >= 11 is 1.35. The highest BCUT2D eigenvalue weighted by Gasteiger charge is 2.18. The number of ether oxygens (including phenoxy) is 2. The van der Waals surface area contributed by atoms with Crippen molar-refractivity contribution in [3.8, 4) is 0 Å². The molecule has 0 aliphatic heterocycles. The highest BCUT2D eigenvalue weighted by atomic mass is 32.2. The Bertz CT molecular complexity index is 215. The summed E-state index contributed by atoms with van der Waals surface area (Å²) in [6.45, 7) is 3.15. The van der Waals surface area contributed by atoms with Crippen molar-refractivity contribution in [2.45, 2.75) is 45.1 Å². The maximum absolute atomic E-state index is 11.7. The molecule has 0 aromatic carbocycles. The van der Waals surface area contributed by atoms with Gasteiger partial charge in [0.05, 0.1) is 19.3 Å². The zero-order valence-corrected chi connectivity index (χ0v) is 11.8. The van der Waals surface area contributed by atoms with Gasteiger partial charge in [-0.3, -0.25) is 4.79 Å². The molecule has 0 amide bonds. The average molecular weight is 260 g/mol. The maximum Gasteiger partial charge on any atom is 0.194 e. The summed E-state index contributed by atoms with van der Waals surface area (Å²) in [4.78, 5) is 11.7. The second-order valence-electron chi connectivity index (χ2n) is 4.65. The Kier molecular flexibility index (Phi) is 7.90. The molecule has 3 nitrogen and oxygen atoms in total. The van der Waals surface area contributed by atoms with Crippen LogP contribution in [-0.4, -0.2) is 37.3 Å². The molecule has 17 heavy (non-hydrogen) atoms. The summed E-state index contributed by atoms with van der Waals surface area (Å²) in [6, 6.07) is 0. The van der Waals surface area contributed by atoms with Crippen LogP contribution in [0.2, 0.25) is 0 Å². The number of carbonyl (C=O) groups is 1. The Morgan fingerprint density at radius 2 is 2.06 bits per heavy atom. The lowest BCUT2D eigenvalue weighted by Crippen LogP contribution is -2.22. The van der Waals surface area contributed by atoms with E-state index in [4.69, 9.17) is 9.47 Å². The van der Waals surface area contributed by atoms with Crippen molar-refractivity contribution >= 4 is 16.9 Å². The lowest BCUT2D eigenvalue weighted by molar-refractivity contribution is -0.116. The van der Waals surface area contributed by atoms with Crippen LogP contribution < -0.4 is 0 Å². The van der Waals surface area contributed by atoms with Gasteiger partial charge in [-0.1, -0.05) is 37.9 Å². The fourth-order valence-electron chi connectivity index (χ4n) is 1.95. The molecule has 1 aliphatic carbocycles. The summed E-state index contributed by atoms with van der Waals surface area (Å²) in [7, 11) is 1.65. The van der Waals surface area contributed by atoms with E-state index in [9.17, 15) is 4.79 Å². The van der Waals surface area contributed by atoms with Crippen molar-refractivity contribution in [2.24, 2.45) is 5.92 Å². The quantitative estimate of drug-likeness (QED) is 0.659. The average Bonchev–Trinajstić information content (AvgIpc) is 2.37. The van der Waals surface area contributed by atoms with Crippen molar-refractivity contribution in [1.82, 2.24) is 0 Å². The molecule has 0 spiro atoms. The molecule has 0 saturated heterocycles. The van der Waals surface area contributed by atoms with Gasteiger partial charge >= 0.3 is 0 Å². The molecule has 1 saturated carbocycles.